The Bertz CT molecular complexity index is 911. The maximum absolute atomic E-state index is 12.3. The van der Waals surface area contributed by atoms with Gasteiger partial charge in [0.2, 0.25) is 0 Å². The molecular weight excluding hydrogens is 322 g/mol. The Labute approximate surface area is 154 Å². The van der Waals surface area contributed by atoms with Crippen LogP contribution in [0.3, 0.4) is 0 Å². The van der Waals surface area contributed by atoms with Crippen molar-refractivity contribution in [2.75, 3.05) is 37.6 Å². The third-order valence-electron chi connectivity index (χ3n) is 5.25. The summed E-state index contributed by atoms with van der Waals surface area (Å²) in [6.07, 6.45) is 0.999. The van der Waals surface area contributed by atoms with Gasteiger partial charge in [-0.25, -0.2) is 0 Å². The number of piperazine rings is 1. The van der Waals surface area contributed by atoms with E-state index in [1.807, 2.05) is 28.8 Å². The van der Waals surface area contributed by atoms with Gasteiger partial charge in [-0.2, -0.15) is 0 Å². The van der Waals surface area contributed by atoms with Gasteiger partial charge in [0.1, 0.15) is 0 Å². The van der Waals surface area contributed by atoms with E-state index < -0.39 is 0 Å². The Kier molecular flexibility index (Phi) is 5.02. The third kappa shape index (κ3) is 3.65. The van der Waals surface area contributed by atoms with E-state index in [2.05, 4.69) is 46.2 Å². The van der Waals surface area contributed by atoms with E-state index in [1.54, 1.807) is 6.07 Å². The van der Waals surface area contributed by atoms with Crippen molar-refractivity contribution in [1.82, 2.24) is 9.47 Å². The zero-order chi connectivity index (χ0) is 17.8. The predicted octanol–water partition coefficient (Wildman–Crippen LogP) is 3.21. The van der Waals surface area contributed by atoms with Crippen molar-refractivity contribution in [2.24, 2.45) is 0 Å². The van der Waals surface area contributed by atoms with Crippen LogP contribution in [-0.4, -0.2) is 42.2 Å². The van der Waals surface area contributed by atoms with Crippen molar-refractivity contribution < 1.29 is 0 Å². The molecular formula is C22H25N3O. The molecule has 26 heavy (non-hydrogen) atoms. The second-order valence-electron chi connectivity index (χ2n) is 6.90. The lowest BCUT2D eigenvalue weighted by Gasteiger charge is -2.36. The van der Waals surface area contributed by atoms with Crippen molar-refractivity contribution in [3.05, 3.63) is 77.1 Å². The van der Waals surface area contributed by atoms with Gasteiger partial charge in [0.15, 0.2) is 0 Å². The molecule has 0 spiro atoms. The molecule has 2 heterocycles. The molecule has 4 nitrogen and oxygen atoms in total. The summed E-state index contributed by atoms with van der Waals surface area (Å²) < 4.78 is 1.91. The smallest absolute Gasteiger partial charge is 0.251 e. The Morgan fingerprint density at radius 3 is 2.27 bits per heavy atom. The van der Waals surface area contributed by atoms with Crippen LogP contribution in [-0.2, 0) is 6.54 Å². The van der Waals surface area contributed by atoms with Gasteiger partial charge in [0.25, 0.3) is 5.56 Å². The van der Waals surface area contributed by atoms with Crippen molar-refractivity contribution in [2.45, 2.75) is 13.0 Å². The maximum atomic E-state index is 12.3. The first-order chi connectivity index (χ1) is 12.8. The van der Waals surface area contributed by atoms with Crippen LogP contribution in [0.2, 0.25) is 0 Å². The lowest BCUT2D eigenvalue weighted by molar-refractivity contribution is 0.250. The van der Waals surface area contributed by atoms with Crippen LogP contribution in [0.15, 0.2) is 71.5 Å². The van der Waals surface area contributed by atoms with Crippen LogP contribution in [0.25, 0.3) is 10.9 Å². The largest absolute Gasteiger partial charge is 0.369 e. The maximum Gasteiger partial charge on any atom is 0.251 e. The number of para-hydroxylation sites is 2. The van der Waals surface area contributed by atoms with E-state index in [0.717, 1.165) is 56.6 Å². The molecule has 3 aromatic rings. The number of benzene rings is 2. The molecule has 0 aliphatic carbocycles. The number of aromatic nitrogens is 1. The van der Waals surface area contributed by atoms with Gasteiger partial charge in [-0.15, -0.1) is 0 Å². The average molecular weight is 347 g/mol. The number of fused-ring (bicyclic) bond motifs is 1. The summed E-state index contributed by atoms with van der Waals surface area (Å²) in [5.74, 6) is 0. The number of hydrogen-bond acceptors (Lipinski definition) is 3. The zero-order valence-electron chi connectivity index (χ0n) is 15.1. The first-order valence-corrected chi connectivity index (χ1v) is 9.42. The van der Waals surface area contributed by atoms with E-state index in [1.165, 1.54) is 5.69 Å². The first kappa shape index (κ1) is 16.9. The molecule has 0 bridgehead atoms. The monoisotopic (exact) mass is 347 g/mol. The van der Waals surface area contributed by atoms with Crippen LogP contribution in [0, 0.1) is 0 Å². The molecule has 0 amide bonds. The summed E-state index contributed by atoms with van der Waals surface area (Å²) in [6.45, 7) is 6.12. The van der Waals surface area contributed by atoms with E-state index >= 15 is 0 Å². The number of anilines is 1. The zero-order valence-corrected chi connectivity index (χ0v) is 15.1. The van der Waals surface area contributed by atoms with Crippen LogP contribution in [0.1, 0.15) is 6.42 Å². The number of rotatable bonds is 5. The first-order valence-electron chi connectivity index (χ1n) is 9.42. The molecule has 1 saturated heterocycles. The molecule has 2 aromatic carbocycles. The van der Waals surface area contributed by atoms with Crippen molar-refractivity contribution in [3.63, 3.8) is 0 Å². The Morgan fingerprint density at radius 1 is 0.731 bits per heavy atom. The second kappa shape index (κ2) is 7.75. The molecule has 1 aliphatic heterocycles. The van der Waals surface area contributed by atoms with Gasteiger partial charge < -0.3 is 9.47 Å². The summed E-state index contributed by atoms with van der Waals surface area (Å²) in [5.41, 5.74) is 2.45. The predicted molar refractivity (Wildman–Crippen MR) is 108 cm³/mol. The molecule has 0 atom stereocenters. The molecule has 1 aliphatic rings. The molecule has 1 fully saturated rings. The van der Waals surface area contributed by atoms with Gasteiger partial charge >= 0.3 is 0 Å². The fourth-order valence-corrected chi connectivity index (χ4v) is 3.80. The number of aryl methyl sites for hydroxylation is 1. The van der Waals surface area contributed by atoms with E-state index in [-0.39, 0.29) is 5.56 Å². The lowest BCUT2D eigenvalue weighted by atomic mass is 10.2. The average Bonchev–Trinajstić information content (AvgIpc) is 2.71. The lowest BCUT2D eigenvalue weighted by Crippen LogP contribution is -2.46. The Balaban J connectivity index is 1.32. The van der Waals surface area contributed by atoms with Gasteiger partial charge in [-0.1, -0.05) is 36.4 Å². The van der Waals surface area contributed by atoms with Crippen LogP contribution in [0.4, 0.5) is 5.69 Å². The highest BCUT2D eigenvalue weighted by Gasteiger charge is 2.16. The molecule has 4 rings (SSSR count). The molecule has 0 N–H and O–H groups in total. The highest BCUT2D eigenvalue weighted by molar-refractivity contribution is 5.78. The molecule has 0 radical (unpaired) electrons. The normalized spacial score (nSPS) is 15.5. The molecule has 4 heteroatoms. The van der Waals surface area contributed by atoms with Crippen LogP contribution >= 0.6 is 0 Å². The third-order valence-corrected chi connectivity index (χ3v) is 5.25. The molecule has 0 saturated carbocycles. The fourth-order valence-electron chi connectivity index (χ4n) is 3.80. The number of pyridine rings is 1. The summed E-state index contributed by atoms with van der Waals surface area (Å²) in [4.78, 5) is 17.2. The van der Waals surface area contributed by atoms with E-state index in [0.29, 0.717) is 0 Å². The number of nitrogens with zero attached hydrogens (tertiary/aromatic N) is 3. The minimum atomic E-state index is 0.0950. The van der Waals surface area contributed by atoms with Gasteiger partial charge in [-0.05, 0) is 42.6 Å². The van der Waals surface area contributed by atoms with Gasteiger partial charge in [0.05, 0.1) is 5.52 Å². The Morgan fingerprint density at radius 2 is 1.46 bits per heavy atom. The minimum absolute atomic E-state index is 0.0950. The van der Waals surface area contributed by atoms with Gasteiger partial charge in [0, 0.05) is 44.5 Å². The Hall–Kier alpha value is -2.59. The van der Waals surface area contributed by atoms with Crippen molar-refractivity contribution in [1.29, 1.82) is 0 Å². The minimum Gasteiger partial charge on any atom is -0.369 e. The van der Waals surface area contributed by atoms with Crippen LogP contribution in [0.5, 0.6) is 0 Å². The summed E-state index contributed by atoms with van der Waals surface area (Å²) in [5, 5.41) is 1.13. The fraction of sp³-hybridized carbons (Fsp3) is 0.318. The molecule has 1 aromatic heterocycles. The standard InChI is InChI=1S/C22H25N3O/c26-22-12-11-19-7-4-5-10-21(19)25(22)14-6-13-23-15-17-24(18-16-23)20-8-2-1-3-9-20/h1-5,7-12H,6,13-18H2. The second-order valence-corrected chi connectivity index (χ2v) is 6.90. The topological polar surface area (TPSA) is 28.5 Å². The van der Waals surface area contributed by atoms with E-state index in [4.69, 9.17) is 0 Å². The summed E-state index contributed by atoms with van der Waals surface area (Å²) in [7, 11) is 0. The SMILES string of the molecule is O=c1ccc2ccccc2n1CCCN1CCN(c2ccccc2)CC1. The van der Waals surface area contributed by atoms with E-state index in [9.17, 15) is 4.79 Å². The highest BCUT2D eigenvalue weighted by atomic mass is 16.1. The molecule has 134 valence electrons. The summed E-state index contributed by atoms with van der Waals surface area (Å²) >= 11 is 0. The van der Waals surface area contributed by atoms with Crippen LogP contribution < -0.4 is 10.5 Å². The summed E-state index contributed by atoms with van der Waals surface area (Å²) in [6, 6.07) is 22.3. The number of hydrogen-bond donors (Lipinski definition) is 0. The quantitative estimate of drug-likeness (QED) is 0.709. The van der Waals surface area contributed by atoms with Gasteiger partial charge in [-0.3, -0.25) is 9.69 Å². The highest BCUT2D eigenvalue weighted by Crippen LogP contribution is 2.16. The molecule has 0 unspecified atom stereocenters. The van der Waals surface area contributed by atoms with Crippen molar-refractivity contribution >= 4 is 16.6 Å². The van der Waals surface area contributed by atoms with Crippen molar-refractivity contribution in [3.8, 4) is 0 Å².